The highest BCUT2D eigenvalue weighted by atomic mass is 32.2. The van der Waals surface area contributed by atoms with Gasteiger partial charge in [-0.25, -0.2) is 8.42 Å². The van der Waals surface area contributed by atoms with Crippen LogP contribution >= 0.6 is 0 Å². The SMILES string of the molecule is Cc1ccc(C(C)C)c(OCC(=O)Nc2ccc(S(=O)(=O)C3CCCC3)cc2)c1. The minimum atomic E-state index is -3.28. The van der Waals surface area contributed by atoms with Gasteiger partial charge in [-0.2, -0.15) is 0 Å². The van der Waals surface area contributed by atoms with Crippen LogP contribution in [0.2, 0.25) is 0 Å². The molecule has 0 heterocycles. The molecule has 156 valence electrons. The summed E-state index contributed by atoms with van der Waals surface area (Å²) in [6, 6.07) is 12.4. The van der Waals surface area contributed by atoms with Crippen LogP contribution in [0.25, 0.3) is 0 Å². The number of nitrogens with one attached hydrogen (secondary N) is 1. The Hall–Kier alpha value is -2.34. The van der Waals surface area contributed by atoms with Gasteiger partial charge in [-0.05, 0) is 67.1 Å². The van der Waals surface area contributed by atoms with Crippen LogP contribution in [0.4, 0.5) is 5.69 Å². The molecule has 0 aliphatic heterocycles. The van der Waals surface area contributed by atoms with Crippen LogP contribution < -0.4 is 10.1 Å². The molecule has 0 bridgehead atoms. The third-order valence-corrected chi connectivity index (χ3v) is 7.64. The molecule has 0 radical (unpaired) electrons. The molecule has 0 saturated heterocycles. The highest BCUT2D eigenvalue weighted by Crippen LogP contribution is 2.30. The molecule has 2 aromatic rings. The molecule has 1 fully saturated rings. The van der Waals surface area contributed by atoms with Crippen molar-refractivity contribution >= 4 is 21.4 Å². The first-order valence-corrected chi connectivity index (χ1v) is 11.7. The van der Waals surface area contributed by atoms with Crippen LogP contribution in [0.5, 0.6) is 5.75 Å². The molecule has 29 heavy (non-hydrogen) atoms. The van der Waals surface area contributed by atoms with Gasteiger partial charge in [0.2, 0.25) is 0 Å². The van der Waals surface area contributed by atoms with E-state index in [4.69, 9.17) is 4.74 Å². The zero-order valence-corrected chi connectivity index (χ0v) is 18.1. The van der Waals surface area contributed by atoms with Gasteiger partial charge in [-0.3, -0.25) is 4.79 Å². The van der Waals surface area contributed by atoms with Gasteiger partial charge in [-0.15, -0.1) is 0 Å². The number of rotatable bonds is 7. The van der Waals surface area contributed by atoms with Crippen molar-refractivity contribution < 1.29 is 17.9 Å². The topological polar surface area (TPSA) is 72.5 Å². The van der Waals surface area contributed by atoms with Gasteiger partial charge in [0, 0.05) is 5.69 Å². The number of sulfone groups is 1. The van der Waals surface area contributed by atoms with Crippen LogP contribution in [0.3, 0.4) is 0 Å². The normalized spacial score (nSPS) is 14.9. The summed E-state index contributed by atoms with van der Waals surface area (Å²) in [5, 5.41) is 2.49. The zero-order valence-electron chi connectivity index (χ0n) is 17.3. The minimum Gasteiger partial charge on any atom is -0.483 e. The lowest BCUT2D eigenvalue weighted by Gasteiger charge is -2.15. The summed E-state index contributed by atoms with van der Waals surface area (Å²) < 4.78 is 31.0. The van der Waals surface area contributed by atoms with Crippen LogP contribution in [-0.4, -0.2) is 26.2 Å². The number of aryl methyl sites for hydroxylation is 1. The molecule has 2 aromatic carbocycles. The van der Waals surface area contributed by atoms with Crippen molar-refractivity contribution in [1.82, 2.24) is 0 Å². The molecule has 3 rings (SSSR count). The average molecular weight is 416 g/mol. The standard InChI is InChI=1S/C23H29NO4S/c1-16(2)21-13-8-17(3)14-22(21)28-15-23(25)24-18-9-11-20(12-10-18)29(26,27)19-6-4-5-7-19/h8-14,16,19H,4-7,15H2,1-3H3,(H,24,25). The summed E-state index contributed by atoms with van der Waals surface area (Å²) in [4.78, 5) is 12.6. The summed E-state index contributed by atoms with van der Waals surface area (Å²) in [7, 11) is -3.28. The molecule has 1 amide bonds. The Balaban J connectivity index is 1.61. The van der Waals surface area contributed by atoms with E-state index < -0.39 is 9.84 Å². The maximum Gasteiger partial charge on any atom is 0.262 e. The predicted octanol–water partition coefficient (Wildman–Crippen LogP) is 4.85. The first kappa shape index (κ1) is 21.4. The van der Waals surface area contributed by atoms with Gasteiger partial charge in [0.1, 0.15) is 5.75 Å². The molecule has 0 atom stereocenters. The van der Waals surface area contributed by atoms with E-state index in [1.54, 1.807) is 24.3 Å². The Bertz CT molecular complexity index is 959. The van der Waals surface area contributed by atoms with Gasteiger partial charge >= 0.3 is 0 Å². The minimum absolute atomic E-state index is 0.106. The number of ether oxygens (including phenoxy) is 1. The van der Waals surface area contributed by atoms with Gasteiger partial charge in [-0.1, -0.05) is 38.8 Å². The van der Waals surface area contributed by atoms with Gasteiger partial charge in [0.05, 0.1) is 10.1 Å². The van der Waals surface area contributed by atoms with Crippen molar-refractivity contribution in [2.75, 3.05) is 11.9 Å². The molecule has 1 aliphatic carbocycles. The largest absolute Gasteiger partial charge is 0.483 e. The summed E-state index contributed by atoms with van der Waals surface area (Å²) in [6.07, 6.45) is 3.40. The van der Waals surface area contributed by atoms with Crippen molar-refractivity contribution in [3.8, 4) is 5.75 Å². The monoisotopic (exact) mass is 415 g/mol. The van der Waals surface area contributed by atoms with E-state index in [1.807, 2.05) is 25.1 Å². The molecule has 0 spiro atoms. The number of carbonyl (C=O) groups excluding carboxylic acids is 1. The lowest BCUT2D eigenvalue weighted by atomic mass is 10.0. The first-order chi connectivity index (χ1) is 13.8. The predicted molar refractivity (Wildman–Crippen MR) is 115 cm³/mol. The van der Waals surface area contributed by atoms with Crippen molar-refractivity contribution in [3.05, 3.63) is 53.6 Å². The molecule has 1 N–H and O–H groups in total. The zero-order chi connectivity index (χ0) is 21.0. The van der Waals surface area contributed by atoms with Crippen LogP contribution in [0.1, 0.15) is 56.6 Å². The quantitative estimate of drug-likeness (QED) is 0.701. The highest BCUT2D eigenvalue weighted by molar-refractivity contribution is 7.92. The Labute approximate surface area is 173 Å². The number of hydrogen-bond donors (Lipinski definition) is 1. The molecular weight excluding hydrogens is 386 g/mol. The van der Waals surface area contributed by atoms with E-state index in [2.05, 4.69) is 19.2 Å². The van der Waals surface area contributed by atoms with E-state index in [0.717, 1.165) is 36.8 Å². The lowest BCUT2D eigenvalue weighted by Crippen LogP contribution is -2.21. The number of benzene rings is 2. The summed E-state index contributed by atoms with van der Waals surface area (Å²) in [6.45, 7) is 6.04. The lowest BCUT2D eigenvalue weighted by molar-refractivity contribution is -0.118. The highest BCUT2D eigenvalue weighted by Gasteiger charge is 2.30. The second kappa shape index (κ2) is 8.99. The van der Waals surface area contributed by atoms with Gasteiger partial charge in [0.15, 0.2) is 16.4 Å². The summed E-state index contributed by atoms with van der Waals surface area (Å²) in [5.74, 6) is 0.726. The molecular formula is C23H29NO4S. The molecule has 1 aliphatic rings. The van der Waals surface area contributed by atoms with Crippen molar-refractivity contribution in [3.63, 3.8) is 0 Å². The molecule has 6 heteroatoms. The van der Waals surface area contributed by atoms with Gasteiger partial charge in [0.25, 0.3) is 5.91 Å². The number of anilines is 1. The van der Waals surface area contributed by atoms with E-state index in [0.29, 0.717) is 22.3 Å². The van der Waals surface area contributed by atoms with E-state index in [1.165, 1.54) is 0 Å². The van der Waals surface area contributed by atoms with Crippen LogP contribution in [-0.2, 0) is 14.6 Å². The van der Waals surface area contributed by atoms with E-state index in [-0.39, 0.29) is 17.8 Å². The number of hydrogen-bond acceptors (Lipinski definition) is 4. The molecule has 5 nitrogen and oxygen atoms in total. The fourth-order valence-corrected chi connectivity index (χ4v) is 5.56. The maximum atomic E-state index is 12.6. The second-order valence-electron chi connectivity index (χ2n) is 8.01. The first-order valence-electron chi connectivity index (χ1n) is 10.1. The molecule has 1 saturated carbocycles. The molecule has 0 unspecified atom stereocenters. The third kappa shape index (κ3) is 5.18. The average Bonchev–Trinajstić information content (AvgIpc) is 3.22. The van der Waals surface area contributed by atoms with E-state index >= 15 is 0 Å². The fraction of sp³-hybridized carbons (Fsp3) is 0.435. The second-order valence-corrected chi connectivity index (χ2v) is 10.2. The molecule has 0 aromatic heterocycles. The van der Waals surface area contributed by atoms with Crippen molar-refractivity contribution in [2.24, 2.45) is 0 Å². The fourth-order valence-electron chi connectivity index (χ4n) is 3.70. The van der Waals surface area contributed by atoms with Crippen molar-refractivity contribution in [1.29, 1.82) is 0 Å². The Kier molecular flexibility index (Phi) is 6.63. The summed E-state index contributed by atoms with van der Waals surface area (Å²) >= 11 is 0. The Morgan fingerprint density at radius 3 is 2.38 bits per heavy atom. The third-order valence-electron chi connectivity index (χ3n) is 5.36. The van der Waals surface area contributed by atoms with Crippen molar-refractivity contribution in [2.45, 2.75) is 62.5 Å². The number of carbonyl (C=O) groups is 1. The van der Waals surface area contributed by atoms with Gasteiger partial charge < -0.3 is 10.1 Å². The van der Waals surface area contributed by atoms with E-state index in [9.17, 15) is 13.2 Å². The van der Waals surface area contributed by atoms with Crippen LogP contribution in [0.15, 0.2) is 47.4 Å². The Morgan fingerprint density at radius 2 is 1.76 bits per heavy atom. The Morgan fingerprint density at radius 1 is 1.10 bits per heavy atom. The summed E-state index contributed by atoms with van der Waals surface area (Å²) in [5.41, 5.74) is 2.69. The van der Waals surface area contributed by atoms with Crippen LogP contribution in [0, 0.1) is 6.92 Å². The smallest absolute Gasteiger partial charge is 0.262 e. The number of amides is 1. The maximum absolute atomic E-state index is 12.6.